The third kappa shape index (κ3) is 2.06. The molecule has 0 bridgehead atoms. The van der Waals surface area contributed by atoms with E-state index < -0.39 is 0 Å². The smallest absolute Gasteiger partial charge is 0.161 e. The summed E-state index contributed by atoms with van der Waals surface area (Å²) >= 11 is 7.28. The number of aliphatic imine (C=N–C) groups is 1. The molecule has 5 heteroatoms. The molecule has 0 spiro atoms. The van der Waals surface area contributed by atoms with E-state index in [1.165, 1.54) is 10.6 Å². The van der Waals surface area contributed by atoms with Crippen LogP contribution < -0.4 is 0 Å². The van der Waals surface area contributed by atoms with Crippen molar-refractivity contribution in [2.45, 2.75) is 36.9 Å². The lowest BCUT2D eigenvalue weighted by molar-refractivity contribution is -0.116. The zero-order valence-corrected chi connectivity index (χ0v) is 14.1. The van der Waals surface area contributed by atoms with Crippen molar-refractivity contribution in [2.75, 3.05) is 5.75 Å². The van der Waals surface area contributed by atoms with Gasteiger partial charge in [-0.15, -0.1) is 11.3 Å². The molecule has 1 saturated heterocycles. The van der Waals surface area contributed by atoms with Gasteiger partial charge in [-0.05, 0) is 47.0 Å². The SMILES string of the molecule is O=C1CCCC2=C1C(c1cc(Br)cs1)C1SCCC1=N2. The lowest BCUT2D eigenvalue weighted by atomic mass is 9.80. The molecule has 4 rings (SSSR count). The number of fused-ring (bicyclic) bond motifs is 1. The van der Waals surface area contributed by atoms with Gasteiger partial charge < -0.3 is 0 Å². The van der Waals surface area contributed by atoms with E-state index in [0.29, 0.717) is 17.5 Å². The van der Waals surface area contributed by atoms with E-state index in [1.54, 1.807) is 11.3 Å². The first-order valence-corrected chi connectivity index (χ1v) is 9.65. The van der Waals surface area contributed by atoms with Crippen LogP contribution in [0.15, 0.2) is 32.2 Å². The minimum absolute atomic E-state index is 0.245. The number of rotatable bonds is 1. The van der Waals surface area contributed by atoms with E-state index in [2.05, 4.69) is 27.4 Å². The summed E-state index contributed by atoms with van der Waals surface area (Å²) in [5.74, 6) is 1.71. The Morgan fingerprint density at radius 1 is 1.30 bits per heavy atom. The van der Waals surface area contributed by atoms with Gasteiger partial charge in [-0.2, -0.15) is 11.8 Å². The molecule has 1 fully saturated rings. The molecule has 1 aromatic rings. The highest BCUT2D eigenvalue weighted by atomic mass is 79.9. The van der Waals surface area contributed by atoms with Gasteiger partial charge in [0.05, 0.1) is 5.25 Å². The summed E-state index contributed by atoms with van der Waals surface area (Å²) in [6.07, 6.45) is 3.73. The van der Waals surface area contributed by atoms with Gasteiger partial charge in [0.25, 0.3) is 0 Å². The Morgan fingerprint density at radius 2 is 2.20 bits per heavy atom. The fraction of sp³-hybridized carbons (Fsp3) is 0.467. The summed E-state index contributed by atoms with van der Waals surface area (Å²) in [7, 11) is 0. The average Bonchev–Trinajstić information content (AvgIpc) is 3.05. The van der Waals surface area contributed by atoms with Crippen molar-refractivity contribution in [1.29, 1.82) is 0 Å². The Bertz CT molecular complexity index is 646. The van der Waals surface area contributed by atoms with Crippen LogP contribution in [0.25, 0.3) is 0 Å². The molecular weight excluding hydrogens is 354 g/mol. The highest BCUT2D eigenvalue weighted by molar-refractivity contribution is 9.10. The second-order valence-corrected chi connectivity index (χ2v) is 8.53. The molecule has 3 heterocycles. The van der Waals surface area contributed by atoms with E-state index in [1.807, 2.05) is 11.8 Å². The number of thiophene rings is 1. The van der Waals surface area contributed by atoms with Gasteiger partial charge >= 0.3 is 0 Å². The molecule has 0 N–H and O–H groups in total. The lowest BCUT2D eigenvalue weighted by Gasteiger charge is -2.32. The van der Waals surface area contributed by atoms with Crippen molar-refractivity contribution in [3.8, 4) is 0 Å². The van der Waals surface area contributed by atoms with Gasteiger partial charge in [-0.3, -0.25) is 9.79 Å². The highest BCUT2D eigenvalue weighted by Gasteiger charge is 2.42. The molecule has 2 unspecified atom stereocenters. The maximum absolute atomic E-state index is 12.5. The van der Waals surface area contributed by atoms with Gasteiger partial charge in [0.2, 0.25) is 0 Å². The van der Waals surface area contributed by atoms with Crippen molar-refractivity contribution in [3.63, 3.8) is 0 Å². The lowest BCUT2D eigenvalue weighted by Crippen LogP contribution is -2.31. The number of Topliss-reactive ketones (excluding diaryl/α,β-unsaturated/α-hetero) is 1. The second kappa shape index (κ2) is 5.11. The van der Waals surface area contributed by atoms with E-state index in [9.17, 15) is 4.79 Å². The predicted octanol–water partition coefficient (Wildman–Crippen LogP) is 4.56. The Kier molecular flexibility index (Phi) is 3.39. The normalized spacial score (nSPS) is 29.2. The molecule has 0 aromatic carbocycles. The molecule has 0 saturated carbocycles. The summed E-state index contributed by atoms with van der Waals surface area (Å²) < 4.78 is 1.12. The number of nitrogens with zero attached hydrogens (tertiary/aromatic N) is 1. The molecule has 0 radical (unpaired) electrons. The van der Waals surface area contributed by atoms with E-state index >= 15 is 0 Å². The van der Waals surface area contributed by atoms with Crippen molar-refractivity contribution in [2.24, 2.45) is 4.99 Å². The maximum atomic E-state index is 12.5. The molecule has 2 atom stereocenters. The number of allylic oxidation sites excluding steroid dienone is 2. The largest absolute Gasteiger partial charge is 0.294 e. The molecule has 104 valence electrons. The van der Waals surface area contributed by atoms with Crippen LogP contribution >= 0.6 is 39.0 Å². The average molecular weight is 368 g/mol. The van der Waals surface area contributed by atoms with Gasteiger partial charge in [0.1, 0.15) is 0 Å². The summed E-state index contributed by atoms with van der Waals surface area (Å²) in [5, 5.41) is 2.51. The van der Waals surface area contributed by atoms with Crippen LogP contribution in [0, 0.1) is 0 Å². The Morgan fingerprint density at radius 3 is 3.00 bits per heavy atom. The Labute approximate surface area is 134 Å². The number of thioether (sulfide) groups is 1. The van der Waals surface area contributed by atoms with Crippen LogP contribution in [0.4, 0.5) is 0 Å². The number of hydrogen-bond donors (Lipinski definition) is 0. The molecule has 1 aliphatic carbocycles. The molecule has 20 heavy (non-hydrogen) atoms. The topological polar surface area (TPSA) is 29.4 Å². The van der Waals surface area contributed by atoms with Gasteiger partial charge in [-0.25, -0.2) is 0 Å². The van der Waals surface area contributed by atoms with Crippen molar-refractivity contribution >= 4 is 50.5 Å². The summed E-state index contributed by atoms with van der Waals surface area (Å²) in [6, 6.07) is 2.18. The van der Waals surface area contributed by atoms with Crippen molar-refractivity contribution < 1.29 is 4.79 Å². The van der Waals surface area contributed by atoms with Crippen LogP contribution in [0.5, 0.6) is 0 Å². The van der Waals surface area contributed by atoms with E-state index in [0.717, 1.165) is 40.8 Å². The maximum Gasteiger partial charge on any atom is 0.161 e. The molecule has 2 nitrogen and oxygen atoms in total. The minimum atomic E-state index is 0.245. The first-order valence-electron chi connectivity index (χ1n) is 6.93. The number of ketones is 1. The standard InChI is InChI=1S/C15H14BrNOS2/c16-8-6-12(20-7-8)14-13-9(2-1-3-11(13)18)17-10-4-5-19-15(10)14/h6-7,14-15H,1-5H2. The monoisotopic (exact) mass is 367 g/mol. The molecule has 0 amide bonds. The summed E-state index contributed by atoms with van der Waals surface area (Å²) in [5.41, 5.74) is 3.43. The molecule has 1 aromatic heterocycles. The van der Waals surface area contributed by atoms with Crippen LogP contribution in [0.1, 0.15) is 36.5 Å². The first-order chi connectivity index (χ1) is 9.74. The highest BCUT2D eigenvalue weighted by Crippen LogP contribution is 2.49. The van der Waals surface area contributed by atoms with Gasteiger partial charge in [-0.1, -0.05) is 0 Å². The number of carbonyl (C=O) groups excluding carboxylic acids is 1. The van der Waals surface area contributed by atoms with Crippen LogP contribution in [0.3, 0.4) is 0 Å². The first kappa shape index (κ1) is 13.3. The zero-order valence-electron chi connectivity index (χ0n) is 10.9. The van der Waals surface area contributed by atoms with E-state index in [-0.39, 0.29) is 5.92 Å². The van der Waals surface area contributed by atoms with Crippen molar-refractivity contribution in [3.05, 3.63) is 32.1 Å². The summed E-state index contributed by atoms with van der Waals surface area (Å²) in [4.78, 5) is 18.6. The predicted molar refractivity (Wildman–Crippen MR) is 88.9 cm³/mol. The zero-order chi connectivity index (χ0) is 13.7. The Hall–Kier alpha value is -0.390. The van der Waals surface area contributed by atoms with Gasteiger partial charge in [0, 0.05) is 44.1 Å². The quantitative estimate of drug-likeness (QED) is 0.727. The molecule has 2 aliphatic heterocycles. The van der Waals surface area contributed by atoms with Crippen LogP contribution in [0.2, 0.25) is 0 Å². The third-order valence-corrected chi connectivity index (χ3v) is 7.32. The number of carbonyl (C=O) groups is 1. The van der Waals surface area contributed by atoms with Gasteiger partial charge in [0.15, 0.2) is 5.78 Å². The minimum Gasteiger partial charge on any atom is -0.294 e. The third-order valence-electron chi connectivity index (χ3n) is 4.20. The number of hydrogen-bond acceptors (Lipinski definition) is 4. The Balaban J connectivity index is 1.87. The van der Waals surface area contributed by atoms with Crippen LogP contribution in [-0.4, -0.2) is 22.5 Å². The van der Waals surface area contributed by atoms with Crippen LogP contribution in [-0.2, 0) is 4.79 Å². The number of halogens is 1. The molecule has 3 aliphatic rings. The molecular formula is C15H14BrNOS2. The van der Waals surface area contributed by atoms with Crippen molar-refractivity contribution in [1.82, 2.24) is 0 Å². The second-order valence-electron chi connectivity index (χ2n) is 5.43. The fourth-order valence-corrected chi connectivity index (χ4v) is 6.46. The van der Waals surface area contributed by atoms with E-state index in [4.69, 9.17) is 4.99 Å². The summed E-state index contributed by atoms with van der Waals surface area (Å²) in [6.45, 7) is 0. The fourth-order valence-electron chi connectivity index (χ4n) is 3.36.